The second-order valence-electron chi connectivity index (χ2n) is 6.13. The van der Waals surface area contributed by atoms with Gasteiger partial charge in [0.15, 0.2) is 0 Å². The van der Waals surface area contributed by atoms with Crippen LogP contribution in [0.15, 0.2) is 0 Å². The number of hydrogen-bond acceptors (Lipinski definition) is 3. The molecular formula is C13H27N3O. The van der Waals surface area contributed by atoms with Crippen LogP contribution in [0.5, 0.6) is 0 Å². The van der Waals surface area contributed by atoms with Crippen LogP contribution in [-0.2, 0) is 4.79 Å². The summed E-state index contributed by atoms with van der Waals surface area (Å²) >= 11 is 0. The van der Waals surface area contributed by atoms with Crippen LogP contribution in [0.3, 0.4) is 0 Å². The van der Waals surface area contributed by atoms with Crippen molar-refractivity contribution in [1.29, 1.82) is 0 Å². The highest BCUT2D eigenvalue weighted by atomic mass is 16.2. The van der Waals surface area contributed by atoms with E-state index >= 15 is 0 Å². The Morgan fingerprint density at radius 2 is 2.00 bits per heavy atom. The van der Waals surface area contributed by atoms with Crippen LogP contribution in [-0.4, -0.2) is 60.5 Å². The number of carbonyl (C=O) groups is 1. The zero-order valence-corrected chi connectivity index (χ0v) is 11.9. The fraction of sp³-hybridized carbons (Fsp3) is 0.923. The monoisotopic (exact) mass is 241 g/mol. The number of nitrogens with zero attached hydrogens (tertiary/aromatic N) is 2. The van der Waals surface area contributed by atoms with Crippen LogP contribution in [0.1, 0.15) is 34.1 Å². The molecule has 0 aromatic rings. The third-order valence-electron chi connectivity index (χ3n) is 3.15. The fourth-order valence-electron chi connectivity index (χ4n) is 2.20. The van der Waals surface area contributed by atoms with Crippen LogP contribution in [0, 0.1) is 0 Å². The van der Waals surface area contributed by atoms with Crippen LogP contribution in [0.4, 0.5) is 0 Å². The van der Waals surface area contributed by atoms with Crippen molar-refractivity contribution in [2.24, 2.45) is 0 Å². The SMILES string of the molecule is CC1CN(C)CCN1C(=O)CCNC(C)(C)C. The third-order valence-corrected chi connectivity index (χ3v) is 3.15. The van der Waals surface area contributed by atoms with Gasteiger partial charge in [0.05, 0.1) is 0 Å². The maximum absolute atomic E-state index is 12.1. The first-order chi connectivity index (χ1) is 7.79. The highest BCUT2D eigenvalue weighted by Gasteiger charge is 2.25. The van der Waals surface area contributed by atoms with Crippen molar-refractivity contribution in [3.05, 3.63) is 0 Å². The molecule has 0 radical (unpaired) electrons. The minimum atomic E-state index is 0.0913. The molecule has 17 heavy (non-hydrogen) atoms. The van der Waals surface area contributed by atoms with E-state index in [1.165, 1.54) is 0 Å². The lowest BCUT2D eigenvalue weighted by Gasteiger charge is -2.38. The molecule has 1 aliphatic heterocycles. The standard InChI is InChI=1S/C13H27N3O/c1-11-10-15(5)8-9-16(11)12(17)6-7-14-13(2,3)4/h11,14H,6-10H2,1-5H3. The van der Waals surface area contributed by atoms with Crippen LogP contribution in [0.2, 0.25) is 0 Å². The molecule has 1 fully saturated rings. The molecule has 1 atom stereocenters. The van der Waals surface area contributed by atoms with E-state index in [-0.39, 0.29) is 11.4 Å². The van der Waals surface area contributed by atoms with Crippen LogP contribution < -0.4 is 5.32 Å². The van der Waals surface area contributed by atoms with Gasteiger partial charge in [-0.15, -0.1) is 0 Å². The van der Waals surface area contributed by atoms with E-state index in [0.29, 0.717) is 12.5 Å². The van der Waals surface area contributed by atoms with E-state index in [1.807, 2.05) is 4.90 Å². The second kappa shape index (κ2) is 5.83. The topological polar surface area (TPSA) is 35.6 Å². The molecule has 0 aromatic heterocycles. The lowest BCUT2D eigenvalue weighted by molar-refractivity contribution is -0.135. The molecule has 1 rings (SSSR count). The summed E-state index contributed by atoms with van der Waals surface area (Å²) < 4.78 is 0. The van der Waals surface area contributed by atoms with Gasteiger partial charge < -0.3 is 15.1 Å². The Morgan fingerprint density at radius 3 is 2.53 bits per heavy atom. The van der Waals surface area contributed by atoms with Gasteiger partial charge in [-0.1, -0.05) is 0 Å². The summed E-state index contributed by atoms with van der Waals surface area (Å²) in [6.45, 7) is 12.1. The minimum Gasteiger partial charge on any atom is -0.337 e. The smallest absolute Gasteiger partial charge is 0.224 e. The molecule has 0 aliphatic carbocycles. The summed E-state index contributed by atoms with van der Waals surface area (Å²) in [5, 5.41) is 3.36. The number of amides is 1. The highest BCUT2D eigenvalue weighted by molar-refractivity contribution is 5.76. The van der Waals surface area contributed by atoms with Crippen LogP contribution in [0.25, 0.3) is 0 Å². The van der Waals surface area contributed by atoms with Gasteiger partial charge in [0.25, 0.3) is 0 Å². The van der Waals surface area contributed by atoms with E-state index in [2.05, 4.69) is 45.0 Å². The van der Waals surface area contributed by atoms with Crippen molar-refractivity contribution in [2.75, 3.05) is 33.2 Å². The summed E-state index contributed by atoms with van der Waals surface area (Å²) in [4.78, 5) is 16.4. The Hall–Kier alpha value is -0.610. The van der Waals surface area contributed by atoms with Gasteiger partial charge in [0.2, 0.25) is 5.91 Å². The predicted octanol–water partition coefficient (Wildman–Crippen LogP) is 0.927. The number of rotatable bonds is 3. The Bertz CT molecular complexity index is 260. The van der Waals surface area contributed by atoms with E-state index in [0.717, 1.165) is 26.2 Å². The fourth-order valence-corrected chi connectivity index (χ4v) is 2.20. The van der Waals surface area contributed by atoms with Crippen molar-refractivity contribution < 1.29 is 4.79 Å². The second-order valence-corrected chi connectivity index (χ2v) is 6.13. The zero-order chi connectivity index (χ0) is 13.1. The quantitative estimate of drug-likeness (QED) is 0.798. The van der Waals surface area contributed by atoms with E-state index < -0.39 is 0 Å². The molecule has 1 heterocycles. The molecule has 1 N–H and O–H groups in total. The molecule has 0 spiro atoms. The molecule has 0 bridgehead atoms. The average molecular weight is 241 g/mol. The lowest BCUT2D eigenvalue weighted by atomic mass is 10.1. The van der Waals surface area contributed by atoms with Gasteiger partial charge in [-0.3, -0.25) is 4.79 Å². The summed E-state index contributed by atoms with van der Waals surface area (Å²) in [5.74, 6) is 0.280. The molecule has 100 valence electrons. The summed E-state index contributed by atoms with van der Waals surface area (Å²) in [6, 6.07) is 0.343. The van der Waals surface area contributed by atoms with Crippen molar-refractivity contribution in [3.63, 3.8) is 0 Å². The molecule has 0 aromatic carbocycles. The number of carbonyl (C=O) groups excluding carboxylic acids is 1. The van der Waals surface area contributed by atoms with E-state index in [9.17, 15) is 4.79 Å². The summed E-state index contributed by atoms with van der Waals surface area (Å²) in [5.41, 5.74) is 0.0913. The van der Waals surface area contributed by atoms with Crippen molar-refractivity contribution in [2.45, 2.75) is 45.7 Å². The van der Waals surface area contributed by atoms with Crippen molar-refractivity contribution in [1.82, 2.24) is 15.1 Å². The number of piperazine rings is 1. The first kappa shape index (κ1) is 14.5. The Kier molecular flexibility index (Phi) is 4.95. The Balaban J connectivity index is 2.32. The maximum Gasteiger partial charge on any atom is 0.224 e. The minimum absolute atomic E-state index is 0.0913. The van der Waals surface area contributed by atoms with Gasteiger partial charge >= 0.3 is 0 Å². The van der Waals surface area contributed by atoms with E-state index in [1.54, 1.807) is 0 Å². The largest absolute Gasteiger partial charge is 0.337 e. The average Bonchev–Trinajstić information content (AvgIpc) is 2.15. The third kappa shape index (κ3) is 5.04. The van der Waals surface area contributed by atoms with Crippen molar-refractivity contribution >= 4 is 5.91 Å². The molecule has 4 nitrogen and oxygen atoms in total. The van der Waals surface area contributed by atoms with Crippen LogP contribution >= 0.6 is 0 Å². The molecule has 1 saturated heterocycles. The van der Waals surface area contributed by atoms with Gasteiger partial charge in [0, 0.05) is 44.2 Å². The van der Waals surface area contributed by atoms with Crippen molar-refractivity contribution in [3.8, 4) is 0 Å². The molecular weight excluding hydrogens is 214 g/mol. The summed E-state index contributed by atoms with van der Waals surface area (Å²) in [6.07, 6.45) is 0.603. The molecule has 1 amide bonds. The number of likely N-dealkylation sites (N-methyl/N-ethyl adjacent to an activating group) is 1. The molecule has 0 saturated carbocycles. The zero-order valence-electron chi connectivity index (χ0n) is 11.9. The molecule has 4 heteroatoms. The molecule has 1 aliphatic rings. The Labute approximate surface area is 105 Å². The summed E-state index contributed by atoms with van der Waals surface area (Å²) in [7, 11) is 2.11. The van der Waals surface area contributed by atoms with Gasteiger partial charge in [-0.2, -0.15) is 0 Å². The van der Waals surface area contributed by atoms with E-state index in [4.69, 9.17) is 0 Å². The maximum atomic E-state index is 12.1. The van der Waals surface area contributed by atoms with Gasteiger partial charge in [0.1, 0.15) is 0 Å². The number of nitrogens with one attached hydrogen (secondary N) is 1. The lowest BCUT2D eigenvalue weighted by Crippen LogP contribution is -2.53. The molecule has 1 unspecified atom stereocenters. The Morgan fingerprint density at radius 1 is 1.35 bits per heavy atom. The predicted molar refractivity (Wildman–Crippen MR) is 71.0 cm³/mol. The first-order valence-electron chi connectivity index (χ1n) is 6.52. The normalized spacial score (nSPS) is 22.9. The van der Waals surface area contributed by atoms with Gasteiger partial charge in [-0.05, 0) is 34.7 Å². The highest BCUT2D eigenvalue weighted by Crippen LogP contribution is 2.09. The number of hydrogen-bond donors (Lipinski definition) is 1. The van der Waals surface area contributed by atoms with Gasteiger partial charge in [-0.25, -0.2) is 0 Å². The first-order valence-corrected chi connectivity index (χ1v) is 6.52.